The second-order valence-electron chi connectivity index (χ2n) is 6.96. The number of carbonyl (C=O) groups excluding carboxylic acids is 1. The van der Waals surface area contributed by atoms with Gasteiger partial charge in [-0.05, 0) is 68.2 Å². The van der Waals surface area contributed by atoms with Crippen LogP contribution >= 0.6 is 0 Å². The van der Waals surface area contributed by atoms with Gasteiger partial charge < -0.3 is 4.74 Å². The average Bonchev–Trinajstić information content (AvgIpc) is 3.37. The van der Waals surface area contributed by atoms with Crippen molar-refractivity contribution in [1.82, 2.24) is 14.8 Å². The number of aromatic nitrogens is 3. The molecule has 0 atom stereocenters. The van der Waals surface area contributed by atoms with Gasteiger partial charge in [-0.2, -0.15) is 5.10 Å². The van der Waals surface area contributed by atoms with Crippen LogP contribution in [0.4, 0.5) is 0 Å². The molecule has 5 nitrogen and oxygen atoms in total. The Hall–Kier alpha value is -2.43. The Morgan fingerprint density at radius 3 is 2.92 bits per heavy atom. The van der Waals surface area contributed by atoms with Crippen molar-refractivity contribution in [1.29, 1.82) is 0 Å². The van der Waals surface area contributed by atoms with E-state index in [1.165, 1.54) is 42.5 Å². The van der Waals surface area contributed by atoms with Gasteiger partial charge in [-0.15, -0.1) is 0 Å². The van der Waals surface area contributed by atoms with Gasteiger partial charge >= 0.3 is 0 Å². The van der Waals surface area contributed by atoms with Crippen LogP contribution in [0.15, 0.2) is 30.2 Å². The molecule has 0 unspecified atom stereocenters. The maximum absolute atomic E-state index is 11.3. The Bertz CT molecular complexity index is 818. The van der Waals surface area contributed by atoms with Gasteiger partial charge in [0.15, 0.2) is 6.29 Å². The number of carbonyl (C=O) groups is 1. The minimum atomic E-state index is 0.511. The van der Waals surface area contributed by atoms with E-state index < -0.39 is 0 Å². The smallest absolute Gasteiger partial charge is 0.154 e. The highest BCUT2D eigenvalue weighted by molar-refractivity contribution is 5.81. The number of hydrogen-bond donors (Lipinski definition) is 0. The standard InChI is InChI=1S/C20H23N3O2/c1-14-10-21-11-20(18(14)12-24)25-13-15-4-2-3-5-17(15)19-8-9-22-23(19)16-6-7-16/h8-12,16H,2-7,13H2,1H3. The van der Waals surface area contributed by atoms with Crippen molar-refractivity contribution in [3.8, 4) is 5.75 Å². The maximum atomic E-state index is 11.3. The Balaban J connectivity index is 1.61. The van der Waals surface area contributed by atoms with Crippen molar-refractivity contribution in [2.24, 2.45) is 0 Å². The van der Waals surface area contributed by atoms with Crippen LogP contribution < -0.4 is 4.74 Å². The maximum Gasteiger partial charge on any atom is 0.154 e. The van der Waals surface area contributed by atoms with E-state index in [1.54, 1.807) is 12.4 Å². The molecule has 2 heterocycles. The highest BCUT2D eigenvalue weighted by Gasteiger charge is 2.28. The van der Waals surface area contributed by atoms with E-state index in [0.29, 0.717) is 24.0 Å². The number of hydrogen-bond acceptors (Lipinski definition) is 4. The summed E-state index contributed by atoms with van der Waals surface area (Å²) in [5, 5.41) is 4.53. The lowest BCUT2D eigenvalue weighted by atomic mass is 9.90. The van der Waals surface area contributed by atoms with Crippen LogP contribution in [0.5, 0.6) is 5.75 Å². The summed E-state index contributed by atoms with van der Waals surface area (Å²) in [4.78, 5) is 15.5. The van der Waals surface area contributed by atoms with Crippen molar-refractivity contribution < 1.29 is 9.53 Å². The van der Waals surface area contributed by atoms with Crippen LogP contribution in [-0.2, 0) is 0 Å². The van der Waals surface area contributed by atoms with E-state index >= 15 is 0 Å². The Morgan fingerprint density at radius 2 is 2.12 bits per heavy atom. The lowest BCUT2D eigenvalue weighted by molar-refractivity contribution is 0.111. The summed E-state index contributed by atoms with van der Waals surface area (Å²) in [5.41, 5.74) is 5.39. The fourth-order valence-corrected chi connectivity index (χ4v) is 3.58. The number of aldehydes is 1. The molecule has 0 amide bonds. The molecule has 5 heteroatoms. The summed E-state index contributed by atoms with van der Waals surface area (Å²) in [6.07, 6.45) is 13.0. The molecular weight excluding hydrogens is 314 g/mol. The lowest BCUT2D eigenvalue weighted by Crippen LogP contribution is -2.12. The first-order chi connectivity index (χ1) is 12.3. The SMILES string of the molecule is Cc1cncc(OCC2=C(c3ccnn3C3CC3)CCCC2)c1C=O. The Kier molecular flexibility index (Phi) is 4.38. The minimum Gasteiger partial charge on any atom is -0.487 e. The molecule has 2 aliphatic carbocycles. The van der Waals surface area contributed by atoms with E-state index in [4.69, 9.17) is 4.74 Å². The third-order valence-electron chi connectivity index (χ3n) is 5.12. The Morgan fingerprint density at radius 1 is 1.28 bits per heavy atom. The fourth-order valence-electron chi connectivity index (χ4n) is 3.58. The average molecular weight is 337 g/mol. The highest BCUT2D eigenvalue weighted by Crippen LogP contribution is 2.39. The van der Waals surface area contributed by atoms with Crippen LogP contribution in [0, 0.1) is 6.92 Å². The first-order valence-corrected chi connectivity index (χ1v) is 9.05. The second kappa shape index (κ2) is 6.82. The number of aryl methyl sites for hydroxylation is 1. The lowest BCUT2D eigenvalue weighted by Gasteiger charge is -2.22. The van der Waals surface area contributed by atoms with Crippen molar-refractivity contribution in [2.45, 2.75) is 51.5 Å². The van der Waals surface area contributed by atoms with Crippen molar-refractivity contribution in [3.63, 3.8) is 0 Å². The molecule has 0 aliphatic heterocycles. The molecule has 0 N–H and O–H groups in total. The third kappa shape index (κ3) is 3.23. The first kappa shape index (κ1) is 16.1. The molecule has 0 saturated heterocycles. The molecule has 4 rings (SSSR count). The number of pyridine rings is 1. The zero-order valence-electron chi connectivity index (χ0n) is 14.6. The first-order valence-electron chi connectivity index (χ1n) is 9.05. The van der Waals surface area contributed by atoms with Crippen LogP contribution in [0.3, 0.4) is 0 Å². The molecule has 0 bridgehead atoms. The zero-order valence-corrected chi connectivity index (χ0v) is 14.6. The molecule has 25 heavy (non-hydrogen) atoms. The summed E-state index contributed by atoms with van der Waals surface area (Å²) in [6, 6.07) is 2.70. The van der Waals surface area contributed by atoms with Crippen LogP contribution in [0.2, 0.25) is 0 Å². The van der Waals surface area contributed by atoms with E-state index in [1.807, 2.05) is 13.1 Å². The van der Waals surface area contributed by atoms with Crippen molar-refractivity contribution in [3.05, 3.63) is 47.1 Å². The highest BCUT2D eigenvalue weighted by atomic mass is 16.5. The summed E-state index contributed by atoms with van der Waals surface area (Å²) in [6.45, 7) is 2.39. The largest absolute Gasteiger partial charge is 0.487 e. The number of rotatable bonds is 6. The number of nitrogens with zero attached hydrogens (tertiary/aromatic N) is 3. The molecular formula is C20H23N3O2. The van der Waals surface area contributed by atoms with Crippen LogP contribution in [-0.4, -0.2) is 27.7 Å². The number of allylic oxidation sites excluding steroid dienone is 1. The van der Waals surface area contributed by atoms with Gasteiger partial charge in [0.1, 0.15) is 12.4 Å². The van der Waals surface area contributed by atoms with Gasteiger partial charge in [0.05, 0.1) is 23.5 Å². The van der Waals surface area contributed by atoms with Gasteiger partial charge in [-0.1, -0.05) is 0 Å². The monoisotopic (exact) mass is 337 g/mol. The predicted octanol–water partition coefficient (Wildman–Crippen LogP) is 4.14. The van der Waals surface area contributed by atoms with Crippen LogP contribution in [0.25, 0.3) is 5.57 Å². The molecule has 130 valence electrons. The second-order valence-corrected chi connectivity index (χ2v) is 6.96. The molecule has 0 aromatic carbocycles. The van der Waals surface area contributed by atoms with Gasteiger partial charge in [-0.25, -0.2) is 0 Å². The molecule has 0 spiro atoms. The van der Waals surface area contributed by atoms with E-state index in [9.17, 15) is 4.79 Å². The normalized spacial score (nSPS) is 17.6. The quantitative estimate of drug-likeness (QED) is 0.743. The molecule has 2 aromatic rings. The minimum absolute atomic E-state index is 0.511. The fraction of sp³-hybridized carbons (Fsp3) is 0.450. The van der Waals surface area contributed by atoms with Gasteiger partial charge in [0, 0.05) is 12.4 Å². The molecule has 0 radical (unpaired) electrons. The third-order valence-corrected chi connectivity index (χ3v) is 5.12. The van der Waals surface area contributed by atoms with E-state index in [0.717, 1.165) is 24.7 Å². The summed E-state index contributed by atoms with van der Waals surface area (Å²) < 4.78 is 8.20. The molecule has 2 aromatic heterocycles. The molecule has 1 saturated carbocycles. The van der Waals surface area contributed by atoms with Crippen LogP contribution in [0.1, 0.15) is 66.2 Å². The van der Waals surface area contributed by atoms with Crippen molar-refractivity contribution in [2.75, 3.05) is 6.61 Å². The van der Waals surface area contributed by atoms with E-state index in [-0.39, 0.29) is 0 Å². The topological polar surface area (TPSA) is 57.0 Å². The molecule has 2 aliphatic rings. The molecule has 1 fully saturated rings. The van der Waals surface area contributed by atoms with Gasteiger partial charge in [-0.3, -0.25) is 14.5 Å². The van der Waals surface area contributed by atoms with E-state index in [2.05, 4.69) is 20.8 Å². The summed E-state index contributed by atoms with van der Waals surface area (Å²) in [5.74, 6) is 0.572. The Labute approximate surface area is 147 Å². The number of ether oxygens (including phenoxy) is 1. The summed E-state index contributed by atoms with van der Waals surface area (Å²) in [7, 11) is 0. The van der Waals surface area contributed by atoms with Gasteiger partial charge in [0.25, 0.3) is 0 Å². The van der Waals surface area contributed by atoms with Gasteiger partial charge in [0.2, 0.25) is 0 Å². The van der Waals surface area contributed by atoms with Crippen molar-refractivity contribution >= 4 is 11.9 Å². The summed E-state index contributed by atoms with van der Waals surface area (Å²) >= 11 is 0. The zero-order chi connectivity index (χ0) is 17.2. The predicted molar refractivity (Wildman–Crippen MR) is 95.7 cm³/mol.